The van der Waals surface area contributed by atoms with Crippen molar-refractivity contribution in [3.63, 3.8) is 0 Å². The Bertz CT molecular complexity index is 1220. The van der Waals surface area contributed by atoms with Crippen molar-refractivity contribution in [3.8, 4) is 11.1 Å². The van der Waals surface area contributed by atoms with Crippen LogP contribution in [0.25, 0.3) is 11.1 Å². The Morgan fingerprint density at radius 3 is 1.10 bits per heavy atom. The first-order valence-electron chi connectivity index (χ1n) is 9.09. The third kappa shape index (κ3) is 5.44. The minimum atomic E-state index is -7.14. The molecule has 0 aliphatic carbocycles. The molecule has 20 heteroatoms. The zero-order valence-electron chi connectivity index (χ0n) is 17.4. The van der Waals surface area contributed by atoms with Crippen LogP contribution in [0, 0.1) is 0 Å². The van der Waals surface area contributed by atoms with E-state index >= 15 is 4.39 Å². The number of alkyl halides is 16. The van der Waals surface area contributed by atoms with Crippen LogP contribution < -0.4 is 0 Å². The van der Waals surface area contributed by atoms with E-state index in [1.807, 2.05) is 0 Å². The second-order valence-corrected chi connectivity index (χ2v) is 11.0. The maximum absolute atomic E-state index is 15.1. The van der Waals surface area contributed by atoms with Crippen LogP contribution in [0.15, 0.2) is 42.2 Å². The Balaban J connectivity index is 3.09. The minimum absolute atomic E-state index is 0.000826. The van der Waals surface area contributed by atoms with E-state index in [0.29, 0.717) is 0 Å². The number of halogens is 20. The van der Waals surface area contributed by atoms with Gasteiger partial charge in [0.2, 0.25) is 0 Å². The smallest absolute Gasteiger partial charge is 0.221 e. The molecule has 220 valence electrons. The SMILES string of the molecule is FC(F)(F)C(F)(F)C(F)(c1cc(Br)c(-c2c(Br)cc(Br)cc2C(F)(C(F)(F)F)C(F)(F)F)c(Br)c1)C(F)(F)F. The maximum atomic E-state index is 15.1. The van der Waals surface area contributed by atoms with E-state index in [1.165, 1.54) is 0 Å². The average molecular weight is 856 g/mol. The van der Waals surface area contributed by atoms with Gasteiger partial charge >= 0.3 is 42.0 Å². The van der Waals surface area contributed by atoms with Crippen LogP contribution in [0.5, 0.6) is 0 Å². The van der Waals surface area contributed by atoms with E-state index in [4.69, 9.17) is 0 Å². The Morgan fingerprint density at radius 2 is 0.769 bits per heavy atom. The lowest BCUT2D eigenvalue weighted by Crippen LogP contribution is -2.59. The van der Waals surface area contributed by atoms with E-state index in [2.05, 4.69) is 63.7 Å². The molecule has 2 aromatic rings. The summed E-state index contributed by atoms with van der Waals surface area (Å²) in [6.45, 7) is 0. The average Bonchev–Trinajstić information content (AvgIpc) is 2.69. The zero-order chi connectivity index (χ0) is 30.9. The van der Waals surface area contributed by atoms with Gasteiger partial charge in [0, 0.05) is 40.1 Å². The number of hydrogen-bond donors (Lipinski definition) is 0. The molecule has 2 rings (SSSR count). The fourth-order valence-electron chi connectivity index (χ4n) is 3.29. The summed E-state index contributed by atoms with van der Waals surface area (Å²) < 4.78 is 214. The predicted octanol–water partition coefficient (Wildman–Crippen LogP) is 11.6. The summed E-state index contributed by atoms with van der Waals surface area (Å²) in [5, 5.41) is 0. The molecule has 0 aliphatic rings. The topological polar surface area (TPSA) is 0 Å². The Kier molecular flexibility index (Phi) is 9.01. The summed E-state index contributed by atoms with van der Waals surface area (Å²) in [5.74, 6) is -7.14. The lowest BCUT2D eigenvalue weighted by Gasteiger charge is -2.36. The first kappa shape index (κ1) is 34.4. The molecule has 0 spiro atoms. The van der Waals surface area contributed by atoms with Crippen LogP contribution in [0.4, 0.5) is 70.2 Å². The third-order valence-corrected chi connectivity index (χ3v) is 7.41. The van der Waals surface area contributed by atoms with Crippen molar-refractivity contribution in [2.45, 2.75) is 42.0 Å². The number of hydrogen-bond acceptors (Lipinski definition) is 0. The van der Waals surface area contributed by atoms with Crippen LogP contribution in [-0.4, -0.2) is 30.6 Å². The Morgan fingerprint density at radius 1 is 0.410 bits per heavy atom. The quantitative estimate of drug-likeness (QED) is 0.269. The van der Waals surface area contributed by atoms with Gasteiger partial charge in [0.25, 0.3) is 0 Å². The van der Waals surface area contributed by atoms with E-state index < -0.39 is 82.1 Å². The van der Waals surface area contributed by atoms with Gasteiger partial charge in [-0.25, -0.2) is 8.78 Å². The van der Waals surface area contributed by atoms with Gasteiger partial charge in [-0.1, -0.05) is 63.7 Å². The first-order chi connectivity index (χ1) is 17.1. The molecule has 0 fully saturated rings. The van der Waals surface area contributed by atoms with E-state index in [1.54, 1.807) is 0 Å². The fraction of sp³-hybridized carbons (Fsp3) is 0.368. The van der Waals surface area contributed by atoms with Crippen LogP contribution >= 0.6 is 63.7 Å². The molecule has 0 saturated heterocycles. The van der Waals surface area contributed by atoms with Crippen molar-refractivity contribution in [2.75, 3.05) is 0 Å². The van der Waals surface area contributed by atoms with Gasteiger partial charge in [0.1, 0.15) is 0 Å². The summed E-state index contributed by atoms with van der Waals surface area (Å²) in [6.07, 6.45) is -27.5. The zero-order valence-corrected chi connectivity index (χ0v) is 23.7. The van der Waals surface area contributed by atoms with Crippen molar-refractivity contribution in [1.29, 1.82) is 0 Å². The highest BCUT2D eigenvalue weighted by molar-refractivity contribution is 9.11. The van der Waals surface area contributed by atoms with E-state index in [0.717, 1.165) is 6.07 Å². The maximum Gasteiger partial charge on any atom is 0.457 e. The predicted molar refractivity (Wildman–Crippen MR) is 117 cm³/mol. The summed E-state index contributed by atoms with van der Waals surface area (Å²) in [6, 6.07) is 0.0196. The minimum Gasteiger partial charge on any atom is -0.221 e. The molecule has 0 N–H and O–H groups in total. The lowest BCUT2D eigenvalue weighted by atomic mass is 9.84. The summed E-state index contributed by atoms with van der Waals surface area (Å²) >= 11 is 9.86. The van der Waals surface area contributed by atoms with Gasteiger partial charge in [-0.2, -0.15) is 61.5 Å². The van der Waals surface area contributed by atoms with E-state index in [9.17, 15) is 65.9 Å². The third-order valence-electron chi connectivity index (χ3n) is 5.08. The second-order valence-electron chi connectivity index (χ2n) is 7.51. The van der Waals surface area contributed by atoms with Gasteiger partial charge < -0.3 is 0 Å². The van der Waals surface area contributed by atoms with Gasteiger partial charge in [-0.3, -0.25) is 0 Å². The van der Waals surface area contributed by atoms with Crippen molar-refractivity contribution >= 4 is 63.7 Å². The lowest BCUT2D eigenvalue weighted by molar-refractivity contribution is -0.389. The van der Waals surface area contributed by atoms with Gasteiger partial charge in [0.15, 0.2) is 0 Å². The number of rotatable bonds is 4. The molecule has 0 heterocycles. The molecule has 2 aromatic carbocycles. The van der Waals surface area contributed by atoms with Crippen LogP contribution in [-0.2, 0) is 11.3 Å². The Labute approximate surface area is 239 Å². The van der Waals surface area contributed by atoms with E-state index in [-0.39, 0.29) is 18.2 Å². The molecule has 0 radical (unpaired) electrons. The van der Waals surface area contributed by atoms with Crippen LogP contribution in [0.3, 0.4) is 0 Å². The molecule has 0 aliphatic heterocycles. The standard InChI is InChI=1S/C19H4Br4F16/c20-6-3-7(14(25,17(31,32)33)18(34,35)36)11(10(23)4-6)12-8(21)1-5(2-9(12)22)13(24,16(28,29)30)15(26,27)19(37,38)39/h1-4H. The molecule has 0 nitrogen and oxygen atoms in total. The normalized spacial score (nSPS) is 15.9. The van der Waals surface area contributed by atoms with Gasteiger partial charge in [0.05, 0.1) is 0 Å². The fourth-order valence-corrected chi connectivity index (χ4v) is 6.30. The van der Waals surface area contributed by atoms with Crippen LogP contribution in [0.2, 0.25) is 0 Å². The Hall–Kier alpha value is -0.760. The highest BCUT2D eigenvalue weighted by Gasteiger charge is 2.82. The largest absolute Gasteiger partial charge is 0.457 e. The number of benzene rings is 2. The molecular weight excluding hydrogens is 852 g/mol. The monoisotopic (exact) mass is 852 g/mol. The highest BCUT2D eigenvalue weighted by Crippen LogP contribution is 2.61. The molecule has 0 saturated carbocycles. The van der Waals surface area contributed by atoms with Crippen LogP contribution in [0.1, 0.15) is 11.1 Å². The molecule has 0 aromatic heterocycles. The molecule has 1 atom stereocenters. The molecule has 0 amide bonds. The molecule has 0 bridgehead atoms. The molecule has 39 heavy (non-hydrogen) atoms. The van der Waals surface area contributed by atoms with Crippen molar-refractivity contribution < 1.29 is 70.2 Å². The summed E-state index contributed by atoms with van der Waals surface area (Å²) in [4.78, 5) is 0. The molecular formula is C19H4Br4F16. The van der Waals surface area contributed by atoms with Gasteiger partial charge in [-0.05, 0) is 24.3 Å². The summed E-state index contributed by atoms with van der Waals surface area (Å²) in [5.41, 5.74) is -19.8. The second kappa shape index (κ2) is 10.2. The summed E-state index contributed by atoms with van der Waals surface area (Å²) in [7, 11) is 0. The van der Waals surface area contributed by atoms with Crippen molar-refractivity contribution in [2.24, 2.45) is 0 Å². The first-order valence-corrected chi connectivity index (χ1v) is 12.3. The van der Waals surface area contributed by atoms with Crippen molar-refractivity contribution in [3.05, 3.63) is 53.3 Å². The van der Waals surface area contributed by atoms with Gasteiger partial charge in [-0.15, -0.1) is 0 Å². The highest BCUT2D eigenvalue weighted by atomic mass is 79.9. The molecule has 1 unspecified atom stereocenters. The van der Waals surface area contributed by atoms with Crippen molar-refractivity contribution in [1.82, 2.24) is 0 Å².